The molecule has 0 saturated carbocycles. The minimum atomic E-state index is -0.311. The highest BCUT2D eigenvalue weighted by Gasteiger charge is 2.40. The molecule has 0 aromatic carbocycles. The Kier molecular flexibility index (Phi) is 8.86. The molecule has 0 radical (unpaired) electrons. The van der Waals surface area contributed by atoms with Crippen molar-refractivity contribution in [1.29, 1.82) is 0 Å². The molecule has 0 spiro atoms. The van der Waals surface area contributed by atoms with Crippen LogP contribution in [-0.4, -0.2) is 64.8 Å². The van der Waals surface area contributed by atoms with Crippen LogP contribution in [0.1, 0.15) is 6.92 Å². The average molecular weight is 355 g/mol. The van der Waals surface area contributed by atoms with Crippen LogP contribution in [0.5, 0.6) is 0 Å². The van der Waals surface area contributed by atoms with Gasteiger partial charge in [-0.3, -0.25) is 0 Å². The molecule has 0 saturated heterocycles. The molecule has 0 amide bonds. The van der Waals surface area contributed by atoms with Crippen LogP contribution in [0.4, 0.5) is 0 Å². The maximum absolute atomic E-state index is 5.74. The van der Waals surface area contributed by atoms with Crippen molar-refractivity contribution in [2.45, 2.75) is 30.1 Å². The van der Waals surface area contributed by atoms with Gasteiger partial charge in [0.2, 0.25) is 0 Å². The van der Waals surface area contributed by atoms with Crippen molar-refractivity contribution in [3.63, 3.8) is 0 Å². The van der Waals surface area contributed by atoms with E-state index < -0.39 is 0 Å². The van der Waals surface area contributed by atoms with Gasteiger partial charge in [-0.2, -0.15) is 0 Å². The summed E-state index contributed by atoms with van der Waals surface area (Å²) in [5, 5.41) is 0. The van der Waals surface area contributed by atoms with E-state index in [-0.39, 0.29) is 43.5 Å². The van der Waals surface area contributed by atoms with E-state index in [1.807, 2.05) is 13.0 Å². The average Bonchev–Trinajstić information content (AvgIpc) is 2.43. The molecule has 7 heteroatoms. The number of halogens is 1. The van der Waals surface area contributed by atoms with Gasteiger partial charge in [-0.05, 0) is 12.5 Å². The molecule has 1 rings (SSSR count). The third-order valence-electron chi connectivity index (χ3n) is 2.93. The number of hydrogen-bond acceptors (Lipinski definition) is 6. The van der Waals surface area contributed by atoms with Crippen LogP contribution in [0.2, 0.25) is 0 Å². The zero-order valence-electron chi connectivity index (χ0n) is 12.3. The Hall–Kier alpha value is -0.0200. The fourth-order valence-electron chi connectivity index (χ4n) is 2.08. The second-order valence-corrected chi connectivity index (χ2v) is 5.48. The van der Waals surface area contributed by atoms with Gasteiger partial charge in [-0.15, -0.1) is 0 Å². The fraction of sp³-hybridized carbons (Fsp3) is 0.846. The molecule has 0 fully saturated rings. The number of methoxy groups -OCH3 is 3. The van der Waals surface area contributed by atoms with Crippen LogP contribution >= 0.6 is 15.9 Å². The number of ether oxygens (including phenoxy) is 6. The highest BCUT2D eigenvalue weighted by Crippen LogP contribution is 2.31. The van der Waals surface area contributed by atoms with Gasteiger partial charge in [-0.25, -0.2) is 0 Å². The van der Waals surface area contributed by atoms with Crippen LogP contribution in [0.25, 0.3) is 0 Å². The van der Waals surface area contributed by atoms with E-state index in [0.29, 0.717) is 0 Å². The summed E-state index contributed by atoms with van der Waals surface area (Å²) in [7, 11) is 4.74. The van der Waals surface area contributed by atoms with Crippen LogP contribution in [0, 0.1) is 0 Å². The first-order valence-corrected chi connectivity index (χ1v) is 7.21. The highest BCUT2D eigenvalue weighted by molar-refractivity contribution is 9.09. The summed E-state index contributed by atoms with van der Waals surface area (Å²) in [4.78, 5) is 0.0156. The Morgan fingerprint density at radius 2 is 1.40 bits per heavy atom. The number of hydrogen-bond donors (Lipinski definition) is 0. The largest absolute Gasteiger partial charge is 0.359 e. The van der Waals surface area contributed by atoms with Gasteiger partial charge < -0.3 is 28.4 Å². The van der Waals surface area contributed by atoms with E-state index in [2.05, 4.69) is 15.9 Å². The molecule has 1 aliphatic rings. The van der Waals surface area contributed by atoms with Crippen LogP contribution in [0.3, 0.4) is 0 Å². The molecular formula is C13H23BrO6. The first-order valence-electron chi connectivity index (χ1n) is 6.29. The molecule has 0 aromatic heterocycles. The summed E-state index contributed by atoms with van der Waals surface area (Å²) >= 11 is 3.59. The van der Waals surface area contributed by atoms with Crippen molar-refractivity contribution in [3.05, 3.63) is 11.6 Å². The Bertz CT molecular complexity index is 299. The fourth-order valence-corrected chi connectivity index (χ4v) is 2.95. The van der Waals surface area contributed by atoms with E-state index in [0.717, 1.165) is 5.57 Å². The summed E-state index contributed by atoms with van der Waals surface area (Å²) < 4.78 is 32.1. The predicted octanol–water partition coefficient (Wildman–Crippen LogP) is 1.68. The van der Waals surface area contributed by atoms with Gasteiger partial charge in [0, 0.05) is 21.3 Å². The van der Waals surface area contributed by atoms with Gasteiger partial charge in [-0.1, -0.05) is 22.0 Å². The summed E-state index contributed by atoms with van der Waals surface area (Å²) in [5.41, 5.74) is 1.06. The Balaban J connectivity index is 2.83. The molecule has 0 unspecified atom stereocenters. The standard InChI is InChI=1S/C13H23BrO6/c1-9-5-10(14)12(19-7-16-3)13(20-8-17-4)11(9)18-6-15-2/h5,10-13H,6-8H2,1-4H3/t10-,11-,12-,13-/m1/s1. The molecule has 1 aliphatic carbocycles. The van der Waals surface area contributed by atoms with Gasteiger partial charge in [0.25, 0.3) is 0 Å². The van der Waals surface area contributed by atoms with Crippen LogP contribution < -0.4 is 0 Å². The minimum absolute atomic E-state index is 0.0156. The maximum Gasteiger partial charge on any atom is 0.147 e. The first kappa shape index (κ1) is 18.0. The molecule has 0 aromatic rings. The maximum atomic E-state index is 5.74. The lowest BCUT2D eigenvalue weighted by Crippen LogP contribution is -2.50. The lowest BCUT2D eigenvalue weighted by molar-refractivity contribution is -0.200. The van der Waals surface area contributed by atoms with Gasteiger partial charge in [0.05, 0.1) is 4.83 Å². The highest BCUT2D eigenvalue weighted by atomic mass is 79.9. The summed E-state index contributed by atoms with van der Waals surface area (Å²) in [5.74, 6) is 0. The SMILES string of the molecule is COCO[C@H]1[C@H](OCOC)[C@H](OCOC)C(C)=C[C@H]1Br. The second-order valence-electron chi connectivity index (χ2n) is 4.42. The third-order valence-corrected chi connectivity index (χ3v) is 3.71. The van der Waals surface area contributed by atoms with E-state index in [1.54, 1.807) is 21.3 Å². The molecule has 0 heterocycles. The smallest absolute Gasteiger partial charge is 0.147 e. The Morgan fingerprint density at radius 1 is 0.900 bits per heavy atom. The van der Waals surface area contributed by atoms with Crippen molar-refractivity contribution < 1.29 is 28.4 Å². The van der Waals surface area contributed by atoms with Gasteiger partial charge in [0.15, 0.2) is 0 Å². The monoisotopic (exact) mass is 354 g/mol. The molecule has 0 aliphatic heterocycles. The first-order chi connectivity index (χ1) is 9.65. The lowest BCUT2D eigenvalue weighted by Gasteiger charge is -2.38. The van der Waals surface area contributed by atoms with Crippen molar-refractivity contribution in [3.8, 4) is 0 Å². The summed E-state index contributed by atoms with van der Waals surface area (Å²) in [6.45, 7) is 2.53. The third kappa shape index (κ3) is 5.07. The van der Waals surface area contributed by atoms with Crippen LogP contribution in [-0.2, 0) is 28.4 Å². The van der Waals surface area contributed by atoms with Crippen molar-refractivity contribution in [2.75, 3.05) is 41.7 Å². The van der Waals surface area contributed by atoms with Crippen molar-refractivity contribution >= 4 is 15.9 Å². The molecule has 20 heavy (non-hydrogen) atoms. The van der Waals surface area contributed by atoms with Gasteiger partial charge >= 0.3 is 0 Å². The predicted molar refractivity (Wildman–Crippen MR) is 76.7 cm³/mol. The lowest BCUT2D eigenvalue weighted by atomic mass is 9.92. The topological polar surface area (TPSA) is 55.4 Å². The Morgan fingerprint density at radius 3 is 1.95 bits per heavy atom. The van der Waals surface area contributed by atoms with Crippen molar-refractivity contribution in [2.24, 2.45) is 0 Å². The molecule has 118 valence electrons. The van der Waals surface area contributed by atoms with Crippen LogP contribution in [0.15, 0.2) is 11.6 Å². The zero-order chi connectivity index (χ0) is 15.0. The number of rotatable bonds is 9. The molecule has 6 nitrogen and oxygen atoms in total. The minimum Gasteiger partial charge on any atom is -0.359 e. The Labute approximate surface area is 128 Å². The molecule has 0 N–H and O–H groups in total. The normalized spacial score (nSPS) is 30.4. The zero-order valence-corrected chi connectivity index (χ0v) is 13.9. The molecule has 0 bridgehead atoms. The molecule has 4 atom stereocenters. The van der Waals surface area contributed by atoms with E-state index in [4.69, 9.17) is 28.4 Å². The summed E-state index contributed by atoms with van der Waals surface area (Å²) in [6, 6.07) is 0. The van der Waals surface area contributed by atoms with E-state index in [9.17, 15) is 0 Å². The van der Waals surface area contributed by atoms with Crippen molar-refractivity contribution in [1.82, 2.24) is 0 Å². The quantitative estimate of drug-likeness (QED) is 0.356. The summed E-state index contributed by atoms with van der Waals surface area (Å²) in [6.07, 6.45) is 1.25. The van der Waals surface area contributed by atoms with Gasteiger partial charge in [0.1, 0.15) is 38.7 Å². The van der Waals surface area contributed by atoms with E-state index >= 15 is 0 Å². The van der Waals surface area contributed by atoms with E-state index in [1.165, 1.54) is 0 Å². The molecular weight excluding hydrogens is 332 g/mol. The second kappa shape index (κ2) is 9.83. The number of alkyl halides is 1.